The van der Waals surface area contributed by atoms with E-state index in [1.165, 1.54) is 4.88 Å². The van der Waals surface area contributed by atoms with Gasteiger partial charge in [-0.3, -0.25) is 9.80 Å². The van der Waals surface area contributed by atoms with Gasteiger partial charge in [0.15, 0.2) is 5.13 Å². The Kier molecular flexibility index (Phi) is 6.29. The SMILES string of the molecule is CC1=NN(CCC(=O)N2CCO[C@@H](c3cccc(Nc4nc(C)c(C)s4)n3)C2)CC1. The molecule has 1 saturated heterocycles. The second-order valence-electron chi connectivity index (χ2n) is 7.72. The van der Waals surface area contributed by atoms with E-state index < -0.39 is 0 Å². The molecule has 30 heavy (non-hydrogen) atoms. The Morgan fingerprint density at radius 1 is 1.27 bits per heavy atom. The third-order valence-electron chi connectivity index (χ3n) is 5.41. The zero-order valence-corrected chi connectivity index (χ0v) is 18.5. The van der Waals surface area contributed by atoms with Crippen molar-refractivity contribution in [3.05, 3.63) is 34.5 Å². The zero-order chi connectivity index (χ0) is 21.1. The van der Waals surface area contributed by atoms with Crippen molar-refractivity contribution in [1.82, 2.24) is 19.9 Å². The fourth-order valence-electron chi connectivity index (χ4n) is 3.57. The molecule has 8 nitrogen and oxygen atoms in total. The summed E-state index contributed by atoms with van der Waals surface area (Å²) in [5.74, 6) is 0.877. The minimum Gasteiger partial charge on any atom is -0.368 e. The van der Waals surface area contributed by atoms with Crippen molar-refractivity contribution < 1.29 is 9.53 Å². The number of thiazole rings is 1. The lowest BCUT2D eigenvalue weighted by Crippen LogP contribution is -2.43. The Balaban J connectivity index is 1.36. The molecule has 2 aromatic heterocycles. The molecule has 4 heterocycles. The Morgan fingerprint density at radius 2 is 2.13 bits per heavy atom. The van der Waals surface area contributed by atoms with Crippen LogP contribution in [0.3, 0.4) is 0 Å². The van der Waals surface area contributed by atoms with Crippen LogP contribution in [0.4, 0.5) is 10.9 Å². The summed E-state index contributed by atoms with van der Waals surface area (Å²) >= 11 is 1.61. The van der Waals surface area contributed by atoms with E-state index in [0.717, 1.165) is 41.0 Å². The second-order valence-corrected chi connectivity index (χ2v) is 8.92. The molecule has 0 aliphatic carbocycles. The number of carbonyl (C=O) groups is 1. The summed E-state index contributed by atoms with van der Waals surface area (Å²) in [4.78, 5) is 25.0. The number of anilines is 2. The Labute approximate surface area is 181 Å². The Hall–Kier alpha value is -2.52. The van der Waals surface area contributed by atoms with E-state index in [9.17, 15) is 4.79 Å². The first-order chi connectivity index (χ1) is 14.5. The van der Waals surface area contributed by atoms with Gasteiger partial charge in [0.1, 0.15) is 11.9 Å². The molecular formula is C21H28N6O2S. The van der Waals surface area contributed by atoms with E-state index in [1.54, 1.807) is 11.3 Å². The van der Waals surface area contributed by atoms with Crippen molar-refractivity contribution >= 4 is 33.9 Å². The average molecular weight is 429 g/mol. The van der Waals surface area contributed by atoms with Gasteiger partial charge in [0.25, 0.3) is 0 Å². The number of rotatable bonds is 6. The maximum Gasteiger partial charge on any atom is 0.224 e. The van der Waals surface area contributed by atoms with Crippen molar-refractivity contribution in [3.63, 3.8) is 0 Å². The lowest BCUT2D eigenvalue weighted by atomic mass is 10.1. The number of ether oxygens (including phenoxy) is 1. The van der Waals surface area contributed by atoms with Gasteiger partial charge >= 0.3 is 0 Å². The Morgan fingerprint density at radius 3 is 2.87 bits per heavy atom. The van der Waals surface area contributed by atoms with Gasteiger partial charge in [-0.2, -0.15) is 5.10 Å². The van der Waals surface area contributed by atoms with Crippen molar-refractivity contribution in [2.45, 2.75) is 39.7 Å². The Bertz CT molecular complexity index is 924. The summed E-state index contributed by atoms with van der Waals surface area (Å²) in [5, 5.41) is 10.5. The molecule has 9 heteroatoms. The summed E-state index contributed by atoms with van der Waals surface area (Å²) in [6.07, 6.45) is 1.24. The van der Waals surface area contributed by atoms with Crippen LogP contribution in [0.5, 0.6) is 0 Å². The molecule has 4 rings (SSSR count). The maximum atomic E-state index is 12.7. The number of hydrogen-bond donors (Lipinski definition) is 1. The normalized spacial score (nSPS) is 19.2. The van der Waals surface area contributed by atoms with Crippen LogP contribution >= 0.6 is 11.3 Å². The number of hydrazone groups is 1. The van der Waals surface area contributed by atoms with Gasteiger partial charge in [-0.05, 0) is 32.9 Å². The summed E-state index contributed by atoms with van der Waals surface area (Å²) < 4.78 is 5.94. The van der Waals surface area contributed by atoms with E-state index in [0.29, 0.717) is 32.7 Å². The minimum absolute atomic E-state index is 0.145. The molecule has 2 aromatic rings. The van der Waals surface area contributed by atoms with Gasteiger partial charge in [-0.25, -0.2) is 9.97 Å². The van der Waals surface area contributed by atoms with Gasteiger partial charge < -0.3 is 15.0 Å². The predicted octanol–water partition coefficient (Wildman–Crippen LogP) is 3.27. The summed E-state index contributed by atoms with van der Waals surface area (Å²) in [6, 6.07) is 5.82. The van der Waals surface area contributed by atoms with Crippen LogP contribution in [-0.2, 0) is 9.53 Å². The molecule has 1 fully saturated rings. The number of nitrogens with one attached hydrogen (secondary N) is 1. The minimum atomic E-state index is -0.226. The number of morpholine rings is 1. The van der Waals surface area contributed by atoms with Crippen molar-refractivity contribution in [2.24, 2.45) is 5.10 Å². The first kappa shape index (κ1) is 20.7. The number of aromatic nitrogens is 2. The lowest BCUT2D eigenvalue weighted by molar-refractivity contribution is -0.139. The van der Waals surface area contributed by atoms with E-state index in [2.05, 4.69) is 22.3 Å². The van der Waals surface area contributed by atoms with Crippen molar-refractivity contribution in [3.8, 4) is 0 Å². The van der Waals surface area contributed by atoms with E-state index >= 15 is 0 Å². The molecule has 0 aromatic carbocycles. The smallest absolute Gasteiger partial charge is 0.224 e. The molecule has 1 atom stereocenters. The number of carbonyl (C=O) groups excluding carboxylic acids is 1. The highest BCUT2D eigenvalue weighted by Gasteiger charge is 2.27. The van der Waals surface area contributed by atoms with Gasteiger partial charge in [-0.1, -0.05) is 6.07 Å². The van der Waals surface area contributed by atoms with Crippen LogP contribution in [0, 0.1) is 13.8 Å². The molecule has 1 N–H and O–H groups in total. The summed E-state index contributed by atoms with van der Waals surface area (Å²) in [5.41, 5.74) is 2.98. The number of amides is 1. The molecule has 2 aliphatic heterocycles. The summed E-state index contributed by atoms with van der Waals surface area (Å²) in [6.45, 7) is 9.32. The maximum absolute atomic E-state index is 12.7. The number of hydrogen-bond acceptors (Lipinski definition) is 8. The highest BCUT2D eigenvalue weighted by molar-refractivity contribution is 7.15. The zero-order valence-electron chi connectivity index (χ0n) is 17.7. The van der Waals surface area contributed by atoms with Gasteiger partial charge in [0.05, 0.1) is 24.5 Å². The molecular weight excluding hydrogens is 400 g/mol. The third kappa shape index (κ3) is 4.96. The van der Waals surface area contributed by atoms with E-state index in [-0.39, 0.29) is 12.0 Å². The van der Waals surface area contributed by atoms with Crippen LogP contribution in [-0.4, -0.2) is 64.3 Å². The first-order valence-electron chi connectivity index (χ1n) is 10.3. The quantitative estimate of drug-likeness (QED) is 0.760. The van der Waals surface area contributed by atoms with E-state index in [4.69, 9.17) is 9.72 Å². The van der Waals surface area contributed by atoms with Crippen LogP contribution in [0.1, 0.15) is 42.1 Å². The standard InChI is InChI=1S/C21H28N6O2S/c1-14-7-9-27(25-14)10-8-20(28)26-11-12-29-18(13-26)17-5-4-6-19(23-17)24-21-22-15(2)16(3)30-21/h4-6,18H,7-13H2,1-3H3,(H,22,23,24)/t18-/m1/s1. The van der Waals surface area contributed by atoms with E-state index in [1.807, 2.05) is 42.0 Å². The third-order valence-corrected chi connectivity index (χ3v) is 6.40. The first-order valence-corrected chi connectivity index (χ1v) is 11.2. The highest BCUT2D eigenvalue weighted by Crippen LogP contribution is 2.26. The number of nitrogens with zero attached hydrogens (tertiary/aromatic N) is 5. The number of aryl methyl sites for hydroxylation is 2. The fraction of sp³-hybridized carbons (Fsp3) is 0.524. The van der Waals surface area contributed by atoms with Crippen molar-refractivity contribution in [1.29, 1.82) is 0 Å². The molecule has 0 saturated carbocycles. The second kappa shape index (κ2) is 9.09. The van der Waals surface area contributed by atoms with Crippen LogP contribution in [0.2, 0.25) is 0 Å². The molecule has 0 radical (unpaired) electrons. The highest BCUT2D eigenvalue weighted by atomic mass is 32.1. The molecule has 0 unspecified atom stereocenters. The van der Waals surface area contributed by atoms with Gasteiger partial charge in [0.2, 0.25) is 5.91 Å². The molecule has 0 spiro atoms. The van der Waals surface area contributed by atoms with Crippen LogP contribution in [0.25, 0.3) is 0 Å². The summed E-state index contributed by atoms with van der Waals surface area (Å²) in [7, 11) is 0. The molecule has 160 valence electrons. The van der Waals surface area contributed by atoms with Crippen molar-refractivity contribution in [2.75, 3.05) is 38.1 Å². The average Bonchev–Trinajstić information content (AvgIpc) is 3.30. The largest absolute Gasteiger partial charge is 0.368 e. The monoisotopic (exact) mass is 428 g/mol. The number of pyridine rings is 1. The van der Waals surface area contributed by atoms with Crippen LogP contribution < -0.4 is 5.32 Å². The van der Waals surface area contributed by atoms with Crippen LogP contribution in [0.15, 0.2) is 23.3 Å². The fourth-order valence-corrected chi connectivity index (χ4v) is 4.39. The van der Waals surface area contributed by atoms with Gasteiger partial charge in [-0.15, -0.1) is 11.3 Å². The molecule has 1 amide bonds. The molecule has 2 aliphatic rings. The predicted molar refractivity (Wildman–Crippen MR) is 118 cm³/mol. The van der Waals surface area contributed by atoms with Gasteiger partial charge in [0, 0.05) is 43.1 Å². The lowest BCUT2D eigenvalue weighted by Gasteiger charge is -2.33. The topological polar surface area (TPSA) is 83.0 Å². The molecule has 0 bridgehead atoms.